The molecule has 0 aromatic carbocycles. The van der Waals surface area contributed by atoms with Crippen molar-refractivity contribution in [1.29, 1.82) is 0 Å². The van der Waals surface area contributed by atoms with Crippen molar-refractivity contribution >= 4 is 27.8 Å². The maximum absolute atomic E-state index is 12.4. The molecule has 1 heterocycles. The molecule has 5 aliphatic rings. The summed E-state index contributed by atoms with van der Waals surface area (Å²) in [6.07, 6.45) is 9.83. The van der Waals surface area contributed by atoms with E-state index in [0.717, 1.165) is 50.5 Å². The zero-order valence-corrected chi connectivity index (χ0v) is 16.3. The van der Waals surface area contributed by atoms with Gasteiger partial charge < -0.3 is 14.8 Å². The number of esters is 1. The lowest BCUT2D eigenvalue weighted by Gasteiger charge is -2.60. The lowest BCUT2D eigenvalue weighted by Crippen LogP contribution is -2.53. The smallest absolute Gasteiger partial charge is 0.306 e. The third-order valence-corrected chi connectivity index (χ3v) is 7.47. The summed E-state index contributed by atoms with van der Waals surface area (Å²) in [5, 5.41) is 2.80. The molecule has 140 valence electrons. The van der Waals surface area contributed by atoms with Gasteiger partial charge in [-0.2, -0.15) is 0 Å². The largest absolute Gasteiger partial charge is 0.456 e. The van der Waals surface area contributed by atoms with Crippen molar-refractivity contribution in [2.45, 2.75) is 68.2 Å². The highest BCUT2D eigenvalue weighted by Crippen LogP contribution is 2.65. The highest BCUT2D eigenvalue weighted by atomic mass is 79.9. The number of carbonyl (C=O) groups is 2. The van der Waals surface area contributed by atoms with Crippen molar-refractivity contribution in [3.8, 4) is 0 Å². The van der Waals surface area contributed by atoms with Gasteiger partial charge in [-0.25, -0.2) is 0 Å². The standard InChI is InChI=1S/C19H28BrNO4/c20-19-7-13-4-14(8-19)6-18(5-13,12-19)9-17(23)25-11-16(22)21-10-15-2-1-3-24-15/h13-15H,1-12H2,(H,21,22)/t13-,14+,15-,18?,19?/m1/s1. The molecule has 0 radical (unpaired) electrons. The average Bonchev–Trinajstić information content (AvgIpc) is 3.01. The minimum Gasteiger partial charge on any atom is -0.456 e. The summed E-state index contributed by atoms with van der Waals surface area (Å²) in [4.78, 5) is 24.2. The maximum Gasteiger partial charge on any atom is 0.306 e. The Kier molecular flexibility index (Phi) is 4.86. The van der Waals surface area contributed by atoms with E-state index in [1.54, 1.807) is 0 Å². The van der Waals surface area contributed by atoms with Crippen molar-refractivity contribution < 1.29 is 19.1 Å². The zero-order chi connectivity index (χ0) is 17.5. The van der Waals surface area contributed by atoms with Gasteiger partial charge in [0.2, 0.25) is 0 Å². The highest BCUT2D eigenvalue weighted by Gasteiger charge is 2.57. The second kappa shape index (κ2) is 6.84. The van der Waals surface area contributed by atoms with Crippen LogP contribution in [0.3, 0.4) is 0 Å². The molecule has 1 N–H and O–H groups in total. The van der Waals surface area contributed by atoms with Crippen LogP contribution in [-0.2, 0) is 19.1 Å². The number of amides is 1. The van der Waals surface area contributed by atoms with E-state index in [0.29, 0.717) is 13.0 Å². The van der Waals surface area contributed by atoms with E-state index in [1.165, 1.54) is 19.3 Å². The van der Waals surface area contributed by atoms with Crippen molar-refractivity contribution in [3.05, 3.63) is 0 Å². The number of hydrogen-bond donors (Lipinski definition) is 1. The fourth-order valence-corrected chi connectivity index (χ4v) is 7.64. The van der Waals surface area contributed by atoms with Crippen LogP contribution in [-0.4, -0.2) is 42.1 Å². The Morgan fingerprint density at radius 2 is 1.96 bits per heavy atom. The third kappa shape index (κ3) is 4.05. The first-order chi connectivity index (χ1) is 11.9. The van der Waals surface area contributed by atoms with Crippen LogP contribution in [0.2, 0.25) is 0 Å². The van der Waals surface area contributed by atoms with Gasteiger partial charge in [-0.1, -0.05) is 15.9 Å². The molecule has 1 aliphatic heterocycles. The quantitative estimate of drug-likeness (QED) is 0.536. The molecule has 5 fully saturated rings. The van der Waals surface area contributed by atoms with Gasteiger partial charge in [0.05, 0.1) is 12.5 Å². The van der Waals surface area contributed by atoms with Crippen LogP contribution in [0.15, 0.2) is 0 Å². The molecule has 1 amide bonds. The Balaban J connectivity index is 1.23. The fraction of sp³-hybridized carbons (Fsp3) is 0.895. The normalized spacial score (nSPS) is 41.7. The maximum atomic E-state index is 12.4. The first kappa shape index (κ1) is 17.8. The van der Waals surface area contributed by atoms with Crippen molar-refractivity contribution in [1.82, 2.24) is 5.32 Å². The van der Waals surface area contributed by atoms with E-state index in [1.807, 2.05) is 0 Å². The van der Waals surface area contributed by atoms with E-state index >= 15 is 0 Å². The van der Waals surface area contributed by atoms with Crippen molar-refractivity contribution in [2.75, 3.05) is 19.8 Å². The van der Waals surface area contributed by atoms with E-state index < -0.39 is 0 Å². The summed E-state index contributed by atoms with van der Waals surface area (Å²) in [6, 6.07) is 0. The van der Waals surface area contributed by atoms with Crippen LogP contribution in [0.1, 0.15) is 57.8 Å². The van der Waals surface area contributed by atoms with E-state index in [4.69, 9.17) is 9.47 Å². The molecule has 0 spiro atoms. The van der Waals surface area contributed by atoms with Gasteiger partial charge in [0, 0.05) is 17.5 Å². The molecule has 25 heavy (non-hydrogen) atoms. The molecule has 0 aromatic heterocycles. The second-order valence-corrected chi connectivity index (χ2v) is 10.6. The molecular formula is C19H28BrNO4. The lowest BCUT2D eigenvalue weighted by molar-refractivity contribution is -0.154. The summed E-state index contributed by atoms with van der Waals surface area (Å²) < 4.78 is 11.0. The molecule has 4 aliphatic carbocycles. The minimum atomic E-state index is -0.230. The Bertz CT molecular complexity index is 532. The van der Waals surface area contributed by atoms with Gasteiger partial charge in [0.15, 0.2) is 6.61 Å². The van der Waals surface area contributed by atoms with Crippen LogP contribution < -0.4 is 5.32 Å². The van der Waals surface area contributed by atoms with E-state index in [-0.39, 0.29) is 34.3 Å². The van der Waals surface area contributed by atoms with Crippen LogP contribution in [0.25, 0.3) is 0 Å². The molecular weight excluding hydrogens is 386 g/mol. The first-order valence-corrected chi connectivity index (χ1v) is 10.5. The number of rotatable bonds is 6. The van der Waals surface area contributed by atoms with Crippen LogP contribution >= 0.6 is 15.9 Å². The molecule has 6 heteroatoms. The number of carbonyl (C=O) groups excluding carboxylic acids is 2. The number of alkyl halides is 1. The Labute approximate surface area is 157 Å². The molecule has 5 atom stereocenters. The van der Waals surface area contributed by atoms with Gasteiger partial charge in [-0.05, 0) is 68.6 Å². The molecule has 5 nitrogen and oxygen atoms in total. The minimum absolute atomic E-state index is 0.0961. The van der Waals surface area contributed by atoms with Crippen molar-refractivity contribution in [2.24, 2.45) is 17.3 Å². The van der Waals surface area contributed by atoms with Crippen LogP contribution in [0.5, 0.6) is 0 Å². The number of halogens is 1. The van der Waals surface area contributed by atoms with Gasteiger partial charge >= 0.3 is 5.97 Å². The molecule has 5 rings (SSSR count). The average molecular weight is 414 g/mol. The Morgan fingerprint density at radius 3 is 2.60 bits per heavy atom. The van der Waals surface area contributed by atoms with E-state index in [9.17, 15) is 9.59 Å². The molecule has 1 saturated heterocycles. The summed E-state index contributed by atoms with van der Waals surface area (Å²) in [5.74, 6) is 1.06. The molecule has 4 saturated carbocycles. The number of hydrogen-bond acceptors (Lipinski definition) is 4. The molecule has 4 bridgehead atoms. The van der Waals surface area contributed by atoms with Gasteiger partial charge in [-0.3, -0.25) is 9.59 Å². The second-order valence-electron chi connectivity index (χ2n) is 8.89. The summed E-state index contributed by atoms with van der Waals surface area (Å²) in [5.41, 5.74) is 0.0961. The summed E-state index contributed by atoms with van der Waals surface area (Å²) in [7, 11) is 0. The van der Waals surface area contributed by atoms with Crippen molar-refractivity contribution in [3.63, 3.8) is 0 Å². The predicted octanol–water partition coefficient (Wildman–Crippen LogP) is 2.95. The lowest BCUT2D eigenvalue weighted by atomic mass is 9.49. The van der Waals surface area contributed by atoms with Crippen LogP contribution in [0.4, 0.5) is 0 Å². The van der Waals surface area contributed by atoms with Gasteiger partial charge in [0.25, 0.3) is 5.91 Å². The third-order valence-electron chi connectivity index (χ3n) is 6.55. The van der Waals surface area contributed by atoms with Gasteiger partial charge in [0.1, 0.15) is 0 Å². The van der Waals surface area contributed by atoms with Crippen LogP contribution in [0, 0.1) is 17.3 Å². The Hall–Kier alpha value is -0.620. The summed E-state index contributed by atoms with van der Waals surface area (Å²) >= 11 is 3.97. The topological polar surface area (TPSA) is 64.6 Å². The number of ether oxygens (including phenoxy) is 2. The highest BCUT2D eigenvalue weighted by molar-refractivity contribution is 9.10. The monoisotopic (exact) mass is 413 g/mol. The van der Waals surface area contributed by atoms with E-state index in [2.05, 4.69) is 21.2 Å². The molecule has 0 aromatic rings. The van der Waals surface area contributed by atoms with Gasteiger partial charge in [-0.15, -0.1) is 0 Å². The number of nitrogens with one attached hydrogen (secondary N) is 1. The zero-order valence-electron chi connectivity index (χ0n) is 14.7. The molecule has 2 unspecified atom stereocenters. The predicted molar refractivity (Wildman–Crippen MR) is 96.3 cm³/mol. The summed E-state index contributed by atoms with van der Waals surface area (Å²) in [6.45, 7) is 1.11. The first-order valence-electron chi connectivity index (χ1n) is 9.67. The fourth-order valence-electron chi connectivity index (χ4n) is 6.13. The Morgan fingerprint density at radius 1 is 1.20 bits per heavy atom. The SMILES string of the molecule is O=C(COC(=O)CC12C[C@@H]3C[C@@H](CC(Br)(C3)C1)C2)NC[C@H]1CCCO1.